The smallest absolute Gasteiger partial charge is 0.357 e. The number of aromatic nitrogens is 1. The van der Waals surface area contributed by atoms with Gasteiger partial charge in [0.05, 0.1) is 20.8 Å². The average Bonchev–Trinajstić information content (AvgIpc) is 3.06. The van der Waals surface area contributed by atoms with Crippen LogP contribution in [0.3, 0.4) is 0 Å². The van der Waals surface area contributed by atoms with E-state index in [1.807, 2.05) is 20.8 Å². The summed E-state index contributed by atoms with van der Waals surface area (Å²) >= 11 is 1.31. The number of hydrogen-bond acceptors (Lipinski definition) is 6. The van der Waals surface area contributed by atoms with E-state index in [2.05, 4.69) is 15.0 Å². The van der Waals surface area contributed by atoms with E-state index >= 15 is 0 Å². The van der Waals surface area contributed by atoms with Gasteiger partial charge in [0.2, 0.25) is 0 Å². The number of esters is 1. The molecule has 0 atom stereocenters. The number of hydrogen-bond donors (Lipinski definition) is 1. The van der Waals surface area contributed by atoms with Crippen LogP contribution in [0, 0.1) is 0 Å². The Labute approximate surface area is 156 Å². The number of anilines is 1. The molecule has 26 heavy (non-hydrogen) atoms. The van der Waals surface area contributed by atoms with Gasteiger partial charge in [0.15, 0.2) is 5.69 Å². The van der Waals surface area contributed by atoms with Crippen molar-refractivity contribution in [1.29, 1.82) is 0 Å². The van der Waals surface area contributed by atoms with Crippen molar-refractivity contribution in [1.82, 2.24) is 9.88 Å². The molecular formula is C18H23N3O4S. The summed E-state index contributed by atoms with van der Waals surface area (Å²) in [5.41, 5.74) is 0.438. The second kappa shape index (κ2) is 8.18. The first-order valence-electron chi connectivity index (χ1n) is 8.00. The minimum Gasteiger partial charge on any atom is -0.497 e. The van der Waals surface area contributed by atoms with Crippen LogP contribution in [-0.4, -0.2) is 41.6 Å². The molecule has 140 valence electrons. The maximum absolute atomic E-state index is 12.8. The molecule has 1 heterocycles. The number of urea groups is 1. The Morgan fingerprint density at radius 1 is 1.27 bits per heavy atom. The van der Waals surface area contributed by atoms with Crippen molar-refractivity contribution in [2.75, 3.05) is 19.5 Å². The van der Waals surface area contributed by atoms with Crippen molar-refractivity contribution < 1.29 is 19.1 Å². The zero-order chi connectivity index (χ0) is 19.3. The van der Waals surface area contributed by atoms with Gasteiger partial charge in [-0.15, -0.1) is 11.3 Å². The molecule has 2 aromatic rings. The minimum absolute atomic E-state index is 0.245. The third-order valence-electron chi connectivity index (χ3n) is 3.62. The van der Waals surface area contributed by atoms with E-state index in [4.69, 9.17) is 4.74 Å². The van der Waals surface area contributed by atoms with E-state index in [0.717, 1.165) is 0 Å². The maximum atomic E-state index is 12.8. The van der Waals surface area contributed by atoms with E-state index in [9.17, 15) is 9.59 Å². The molecule has 0 aliphatic rings. The number of nitrogens with one attached hydrogen (secondary N) is 1. The summed E-state index contributed by atoms with van der Waals surface area (Å²) < 4.78 is 9.85. The lowest BCUT2D eigenvalue weighted by molar-refractivity contribution is 0.0594. The molecule has 1 aromatic carbocycles. The number of carbonyl (C=O) groups is 2. The topological polar surface area (TPSA) is 80.8 Å². The normalized spacial score (nSPS) is 11.0. The van der Waals surface area contributed by atoms with Crippen LogP contribution in [0.25, 0.3) is 0 Å². The van der Waals surface area contributed by atoms with E-state index in [0.29, 0.717) is 16.4 Å². The molecule has 2 amide bonds. The summed E-state index contributed by atoms with van der Waals surface area (Å²) in [5.74, 6) is 0.170. The van der Waals surface area contributed by atoms with Crippen molar-refractivity contribution in [3.05, 3.63) is 40.3 Å². The molecule has 0 fully saturated rings. The first-order valence-corrected chi connectivity index (χ1v) is 8.88. The fourth-order valence-corrected chi connectivity index (χ4v) is 2.97. The Hall–Kier alpha value is -2.61. The summed E-state index contributed by atoms with van der Waals surface area (Å²) in [6.07, 6.45) is 0. The van der Waals surface area contributed by atoms with Crippen molar-refractivity contribution in [3.8, 4) is 5.75 Å². The summed E-state index contributed by atoms with van der Waals surface area (Å²) in [4.78, 5) is 30.3. The van der Waals surface area contributed by atoms with E-state index in [-0.39, 0.29) is 18.3 Å². The summed E-state index contributed by atoms with van der Waals surface area (Å²) in [6, 6.07) is 6.89. The van der Waals surface area contributed by atoms with Gasteiger partial charge in [0.25, 0.3) is 0 Å². The highest BCUT2D eigenvalue weighted by Crippen LogP contribution is 2.23. The predicted molar refractivity (Wildman–Crippen MR) is 101 cm³/mol. The van der Waals surface area contributed by atoms with Gasteiger partial charge < -0.3 is 19.7 Å². The predicted octanol–water partition coefficient (Wildman–Crippen LogP) is 3.77. The number of benzene rings is 1. The Kier molecular flexibility index (Phi) is 6.20. The molecular weight excluding hydrogens is 354 g/mol. The lowest BCUT2D eigenvalue weighted by atomic mass is 10.1. The van der Waals surface area contributed by atoms with Crippen LogP contribution >= 0.6 is 11.3 Å². The number of methoxy groups -OCH3 is 2. The fourth-order valence-electron chi connectivity index (χ4n) is 2.22. The standard InChI is InChI=1S/C18H23N3O4S/c1-18(2,3)21(10-15-20-14(11-26-15)16(22)25-5)17(23)19-12-7-6-8-13(9-12)24-4/h6-9,11H,10H2,1-5H3,(H,19,23). The molecule has 0 saturated heterocycles. The molecule has 2 rings (SSSR count). The number of amides is 2. The first-order chi connectivity index (χ1) is 12.2. The SMILES string of the molecule is COC(=O)c1csc(CN(C(=O)Nc2cccc(OC)c2)C(C)(C)C)n1. The molecule has 7 nitrogen and oxygen atoms in total. The van der Waals surface area contributed by atoms with Gasteiger partial charge in [0, 0.05) is 22.7 Å². The van der Waals surface area contributed by atoms with Crippen LogP contribution in [0.1, 0.15) is 36.3 Å². The quantitative estimate of drug-likeness (QED) is 0.802. The third-order valence-corrected chi connectivity index (χ3v) is 4.45. The van der Waals surface area contributed by atoms with Crippen molar-refractivity contribution in [3.63, 3.8) is 0 Å². The molecule has 0 aliphatic carbocycles. The maximum Gasteiger partial charge on any atom is 0.357 e. The van der Waals surface area contributed by atoms with Crippen molar-refractivity contribution >= 4 is 29.0 Å². The van der Waals surface area contributed by atoms with E-state index < -0.39 is 11.5 Å². The zero-order valence-corrected chi connectivity index (χ0v) is 16.3. The Balaban J connectivity index is 2.17. The zero-order valence-electron chi connectivity index (χ0n) is 15.5. The van der Waals surface area contributed by atoms with Gasteiger partial charge in [-0.3, -0.25) is 0 Å². The van der Waals surface area contributed by atoms with Crippen LogP contribution in [0.5, 0.6) is 5.75 Å². The number of nitrogens with zero attached hydrogens (tertiary/aromatic N) is 2. The Bertz CT molecular complexity index is 783. The fraction of sp³-hybridized carbons (Fsp3) is 0.389. The Morgan fingerprint density at radius 2 is 2.00 bits per heavy atom. The Morgan fingerprint density at radius 3 is 2.62 bits per heavy atom. The van der Waals surface area contributed by atoms with Crippen molar-refractivity contribution in [2.24, 2.45) is 0 Å². The molecule has 0 bridgehead atoms. The molecule has 0 radical (unpaired) electrons. The van der Waals surface area contributed by atoms with Crippen molar-refractivity contribution in [2.45, 2.75) is 32.9 Å². The summed E-state index contributed by atoms with van der Waals surface area (Å²) in [6.45, 7) is 6.09. The average molecular weight is 377 g/mol. The highest BCUT2D eigenvalue weighted by Gasteiger charge is 2.28. The molecule has 0 saturated carbocycles. The third kappa shape index (κ3) is 4.95. The van der Waals surface area contributed by atoms with Gasteiger partial charge >= 0.3 is 12.0 Å². The highest BCUT2D eigenvalue weighted by atomic mass is 32.1. The second-order valence-corrected chi connectivity index (χ2v) is 7.48. The summed E-state index contributed by atoms with van der Waals surface area (Å²) in [5, 5.41) is 5.16. The van der Waals surface area contributed by atoms with Crippen LogP contribution in [0.2, 0.25) is 0 Å². The van der Waals surface area contributed by atoms with Gasteiger partial charge in [-0.1, -0.05) is 6.07 Å². The van der Waals surface area contributed by atoms with Gasteiger partial charge in [-0.05, 0) is 32.9 Å². The second-order valence-electron chi connectivity index (χ2n) is 6.54. The molecule has 0 unspecified atom stereocenters. The van der Waals surface area contributed by atoms with Crippen LogP contribution < -0.4 is 10.1 Å². The van der Waals surface area contributed by atoms with E-state index in [1.54, 1.807) is 41.7 Å². The number of ether oxygens (including phenoxy) is 2. The molecule has 1 N–H and O–H groups in total. The lowest BCUT2D eigenvalue weighted by Gasteiger charge is -2.35. The molecule has 0 spiro atoms. The molecule has 8 heteroatoms. The number of carbonyl (C=O) groups excluding carboxylic acids is 2. The van der Waals surface area contributed by atoms with Crippen LogP contribution in [0.15, 0.2) is 29.6 Å². The lowest BCUT2D eigenvalue weighted by Crippen LogP contribution is -2.47. The highest BCUT2D eigenvalue weighted by molar-refractivity contribution is 7.09. The monoisotopic (exact) mass is 377 g/mol. The largest absolute Gasteiger partial charge is 0.497 e. The number of rotatable bonds is 5. The minimum atomic E-state index is -0.490. The first kappa shape index (κ1) is 19.7. The molecule has 1 aromatic heterocycles. The van der Waals surface area contributed by atoms with Crippen LogP contribution in [0.4, 0.5) is 10.5 Å². The van der Waals surface area contributed by atoms with Gasteiger partial charge in [-0.2, -0.15) is 0 Å². The number of thiazole rings is 1. The van der Waals surface area contributed by atoms with Gasteiger partial charge in [-0.25, -0.2) is 14.6 Å². The summed E-state index contributed by atoms with van der Waals surface area (Å²) in [7, 11) is 2.88. The molecule has 0 aliphatic heterocycles. The van der Waals surface area contributed by atoms with E-state index in [1.165, 1.54) is 18.4 Å². The van der Waals surface area contributed by atoms with Crippen LogP contribution in [-0.2, 0) is 11.3 Å². The van der Waals surface area contributed by atoms with Gasteiger partial charge in [0.1, 0.15) is 10.8 Å².